The van der Waals surface area contributed by atoms with Crippen LogP contribution in [0.5, 0.6) is 0 Å². The van der Waals surface area contributed by atoms with E-state index in [-0.39, 0.29) is 5.91 Å². The predicted molar refractivity (Wildman–Crippen MR) is 59.8 cm³/mol. The molecule has 2 heterocycles. The van der Waals surface area contributed by atoms with Crippen LogP contribution >= 0.6 is 0 Å². The Labute approximate surface area is 98.2 Å². The van der Waals surface area contributed by atoms with Crippen molar-refractivity contribution < 1.29 is 13.9 Å². The lowest BCUT2D eigenvalue weighted by molar-refractivity contribution is -0.124. The van der Waals surface area contributed by atoms with E-state index in [0.717, 1.165) is 0 Å². The van der Waals surface area contributed by atoms with Crippen LogP contribution in [-0.4, -0.2) is 29.6 Å². The number of anilines is 1. The molecule has 1 aromatic rings. The lowest BCUT2D eigenvalue weighted by Gasteiger charge is -2.31. The fourth-order valence-corrected chi connectivity index (χ4v) is 1.67. The molecule has 5 nitrogen and oxygen atoms in total. The Hall–Kier alpha value is -1.53. The number of aromatic nitrogens is 1. The van der Waals surface area contributed by atoms with Gasteiger partial charge in [0.05, 0.1) is 11.9 Å². The van der Waals surface area contributed by atoms with Crippen molar-refractivity contribution in [2.45, 2.75) is 18.4 Å². The molecular weight excluding hydrogens is 225 g/mol. The molecule has 1 aliphatic heterocycles. The Balaban J connectivity index is 2.03. The molecule has 1 amide bonds. The molecule has 2 rings (SSSR count). The normalized spacial score (nSPS) is 18.7. The van der Waals surface area contributed by atoms with Crippen LogP contribution < -0.4 is 11.1 Å². The quantitative estimate of drug-likeness (QED) is 0.743. The molecule has 0 spiro atoms. The van der Waals surface area contributed by atoms with Crippen LogP contribution in [0.15, 0.2) is 18.3 Å². The summed E-state index contributed by atoms with van der Waals surface area (Å²) in [6, 6.07) is 2.63. The van der Waals surface area contributed by atoms with Crippen molar-refractivity contribution in [3.05, 3.63) is 24.3 Å². The highest BCUT2D eigenvalue weighted by Crippen LogP contribution is 2.19. The number of carbonyl (C=O) groups excluding carboxylic acids is 1. The van der Waals surface area contributed by atoms with Crippen LogP contribution in [0.3, 0.4) is 0 Å². The van der Waals surface area contributed by atoms with E-state index in [1.165, 1.54) is 18.3 Å². The van der Waals surface area contributed by atoms with Gasteiger partial charge in [0.15, 0.2) is 0 Å². The number of hydrogen-bond acceptors (Lipinski definition) is 4. The molecule has 0 aliphatic carbocycles. The first-order valence-electron chi connectivity index (χ1n) is 5.40. The second-order valence-corrected chi connectivity index (χ2v) is 4.09. The van der Waals surface area contributed by atoms with Crippen LogP contribution in [0.1, 0.15) is 12.8 Å². The van der Waals surface area contributed by atoms with Crippen LogP contribution in [0.4, 0.5) is 10.1 Å². The fraction of sp³-hybridized carbons (Fsp3) is 0.455. The predicted octanol–water partition coefficient (Wildman–Crippen LogP) is 0.667. The first kappa shape index (κ1) is 11.9. The van der Waals surface area contributed by atoms with Gasteiger partial charge in [-0.15, -0.1) is 0 Å². The lowest BCUT2D eigenvalue weighted by atomic mass is 9.90. The summed E-state index contributed by atoms with van der Waals surface area (Å²) in [5.41, 5.74) is 5.52. The third-order valence-corrected chi connectivity index (χ3v) is 2.82. The number of pyridine rings is 1. The smallest absolute Gasteiger partial charge is 0.244 e. The molecule has 17 heavy (non-hydrogen) atoms. The molecular formula is C11H14FN3O2. The topological polar surface area (TPSA) is 77.2 Å². The van der Waals surface area contributed by atoms with Crippen LogP contribution in [0, 0.1) is 5.95 Å². The summed E-state index contributed by atoms with van der Waals surface area (Å²) in [6.45, 7) is 0.956. The number of nitrogens with zero attached hydrogens (tertiary/aromatic N) is 1. The maximum absolute atomic E-state index is 12.6. The average molecular weight is 239 g/mol. The molecule has 0 radical (unpaired) electrons. The standard InChI is InChI=1S/C11H14FN3O2/c12-9-2-1-8(7-14-9)15-10(16)11(13)3-5-17-6-4-11/h1-2,7H,3-6,13H2,(H,15,16). The molecule has 0 aromatic carbocycles. The van der Waals surface area contributed by atoms with E-state index < -0.39 is 11.5 Å². The highest BCUT2D eigenvalue weighted by atomic mass is 19.1. The molecule has 1 aliphatic rings. The number of halogens is 1. The van der Waals surface area contributed by atoms with Gasteiger partial charge in [-0.2, -0.15) is 4.39 Å². The number of nitrogens with two attached hydrogens (primary N) is 1. The molecule has 92 valence electrons. The second kappa shape index (κ2) is 4.77. The van der Waals surface area contributed by atoms with Gasteiger partial charge < -0.3 is 15.8 Å². The van der Waals surface area contributed by atoms with Gasteiger partial charge in [-0.05, 0) is 25.0 Å². The number of carbonyl (C=O) groups is 1. The van der Waals surface area contributed by atoms with Crippen molar-refractivity contribution in [2.24, 2.45) is 5.73 Å². The second-order valence-electron chi connectivity index (χ2n) is 4.09. The lowest BCUT2D eigenvalue weighted by Crippen LogP contribution is -2.54. The summed E-state index contributed by atoms with van der Waals surface area (Å²) in [5.74, 6) is -0.870. The maximum atomic E-state index is 12.6. The average Bonchev–Trinajstić information content (AvgIpc) is 2.33. The van der Waals surface area contributed by atoms with Gasteiger partial charge >= 0.3 is 0 Å². The number of ether oxygens (including phenoxy) is 1. The van der Waals surface area contributed by atoms with Crippen LogP contribution in [0.2, 0.25) is 0 Å². The van der Waals surface area contributed by atoms with E-state index in [0.29, 0.717) is 31.7 Å². The van der Waals surface area contributed by atoms with E-state index in [4.69, 9.17) is 10.5 Å². The van der Waals surface area contributed by atoms with Gasteiger partial charge in [0.25, 0.3) is 0 Å². The Bertz CT molecular complexity index is 402. The Kier molecular flexibility index (Phi) is 3.35. The minimum atomic E-state index is -0.910. The van der Waals surface area contributed by atoms with E-state index in [9.17, 15) is 9.18 Å². The van der Waals surface area contributed by atoms with Crippen molar-refractivity contribution in [3.63, 3.8) is 0 Å². The summed E-state index contributed by atoms with van der Waals surface area (Å²) >= 11 is 0. The van der Waals surface area contributed by atoms with Gasteiger partial charge in [0, 0.05) is 13.2 Å². The monoisotopic (exact) mass is 239 g/mol. The zero-order chi connectivity index (χ0) is 12.3. The van der Waals surface area contributed by atoms with Crippen molar-refractivity contribution >= 4 is 11.6 Å². The summed E-state index contributed by atoms with van der Waals surface area (Å²) < 4.78 is 17.7. The minimum Gasteiger partial charge on any atom is -0.381 e. The van der Waals surface area contributed by atoms with E-state index >= 15 is 0 Å². The van der Waals surface area contributed by atoms with E-state index in [1.54, 1.807) is 0 Å². The SMILES string of the molecule is NC1(C(=O)Nc2ccc(F)nc2)CCOCC1. The largest absolute Gasteiger partial charge is 0.381 e. The molecule has 0 bridgehead atoms. The Morgan fingerprint density at radius 3 is 2.76 bits per heavy atom. The van der Waals surface area contributed by atoms with Crippen LogP contribution in [0.25, 0.3) is 0 Å². The van der Waals surface area contributed by atoms with Gasteiger partial charge in [-0.25, -0.2) is 4.98 Å². The van der Waals surface area contributed by atoms with Crippen molar-refractivity contribution in [2.75, 3.05) is 18.5 Å². The fourth-order valence-electron chi connectivity index (χ4n) is 1.67. The Morgan fingerprint density at radius 2 is 2.18 bits per heavy atom. The van der Waals surface area contributed by atoms with Crippen LogP contribution in [-0.2, 0) is 9.53 Å². The zero-order valence-corrected chi connectivity index (χ0v) is 9.28. The molecule has 0 saturated carbocycles. The van der Waals surface area contributed by atoms with Crippen molar-refractivity contribution in [1.29, 1.82) is 0 Å². The number of nitrogens with one attached hydrogen (secondary N) is 1. The first-order chi connectivity index (χ1) is 8.10. The number of hydrogen-bond donors (Lipinski definition) is 2. The summed E-state index contributed by atoms with van der Waals surface area (Å²) in [4.78, 5) is 15.4. The number of amides is 1. The summed E-state index contributed by atoms with van der Waals surface area (Å²) in [7, 11) is 0. The molecule has 3 N–H and O–H groups in total. The van der Waals surface area contributed by atoms with E-state index in [2.05, 4.69) is 10.3 Å². The van der Waals surface area contributed by atoms with E-state index in [1.807, 2.05) is 0 Å². The molecule has 1 fully saturated rings. The zero-order valence-electron chi connectivity index (χ0n) is 9.28. The summed E-state index contributed by atoms with van der Waals surface area (Å²) in [6.07, 6.45) is 2.22. The molecule has 0 unspecified atom stereocenters. The maximum Gasteiger partial charge on any atom is 0.244 e. The highest BCUT2D eigenvalue weighted by Gasteiger charge is 2.35. The van der Waals surface area contributed by atoms with Crippen molar-refractivity contribution in [1.82, 2.24) is 4.98 Å². The Morgan fingerprint density at radius 1 is 1.47 bits per heavy atom. The molecule has 6 heteroatoms. The van der Waals surface area contributed by atoms with Gasteiger partial charge in [-0.3, -0.25) is 4.79 Å². The summed E-state index contributed by atoms with van der Waals surface area (Å²) in [5, 5.41) is 2.63. The first-order valence-corrected chi connectivity index (χ1v) is 5.40. The number of rotatable bonds is 2. The van der Waals surface area contributed by atoms with Gasteiger partial charge in [-0.1, -0.05) is 0 Å². The minimum absolute atomic E-state index is 0.283. The molecule has 1 saturated heterocycles. The third-order valence-electron chi connectivity index (χ3n) is 2.82. The third kappa shape index (κ3) is 2.78. The molecule has 0 atom stereocenters. The molecule has 1 aromatic heterocycles. The van der Waals surface area contributed by atoms with Gasteiger partial charge in [0.1, 0.15) is 5.54 Å². The van der Waals surface area contributed by atoms with Gasteiger partial charge in [0.2, 0.25) is 11.9 Å². The highest BCUT2D eigenvalue weighted by molar-refractivity contribution is 5.97. The van der Waals surface area contributed by atoms with Crippen molar-refractivity contribution in [3.8, 4) is 0 Å².